The van der Waals surface area contributed by atoms with E-state index in [1.807, 2.05) is 4.90 Å². The van der Waals surface area contributed by atoms with Gasteiger partial charge in [0.2, 0.25) is 5.91 Å². The Bertz CT molecular complexity index is 627. The maximum atomic E-state index is 11.9. The number of primary amides is 1. The smallest absolute Gasteiger partial charge is 0.318 e. The zero-order chi connectivity index (χ0) is 16.8. The van der Waals surface area contributed by atoms with Crippen LogP contribution in [0.5, 0.6) is 0 Å². The van der Waals surface area contributed by atoms with Crippen LogP contribution in [-0.2, 0) is 4.79 Å². The van der Waals surface area contributed by atoms with Crippen LogP contribution < -0.4 is 16.0 Å². The number of urea groups is 1. The maximum absolute atomic E-state index is 11.9. The molecule has 1 atom stereocenters. The van der Waals surface area contributed by atoms with Crippen molar-refractivity contribution in [2.45, 2.75) is 19.4 Å². The van der Waals surface area contributed by atoms with Gasteiger partial charge in [0.15, 0.2) is 0 Å². The molecule has 1 fully saturated rings. The molecule has 1 aromatic heterocycles. The second-order valence-corrected chi connectivity index (χ2v) is 5.39. The molecule has 1 aliphatic heterocycles. The second-order valence-electron chi connectivity index (χ2n) is 5.39. The SMILES string of the molecule is CC(C(=O)NC(N)=O)N1CCCN(c2ncccc2C#N)CC1. The van der Waals surface area contributed by atoms with Crippen molar-refractivity contribution in [3.63, 3.8) is 0 Å². The minimum atomic E-state index is -0.842. The largest absolute Gasteiger partial charge is 0.354 e. The Hall–Kier alpha value is -2.66. The average Bonchev–Trinajstić information content (AvgIpc) is 2.79. The lowest BCUT2D eigenvalue weighted by Crippen LogP contribution is -2.49. The summed E-state index contributed by atoms with van der Waals surface area (Å²) in [6, 6.07) is 4.35. The number of nitrogens with one attached hydrogen (secondary N) is 1. The quantitative estimate of drug-likeness (QED) is 0.814. The zero-order valence-electron chi connectivity index (χ0n) is 13.0. The fourth-order valence-electron chi connectivity index (χ4n) is 2.66. The average molecular weight is 316 g/mol. The van der Waals surface area contributed by atoms with Crippen LogP contribution in [0.2, 0.25) is 0 Å². The predicted octanol–water partition coefficient (Wildman–Crippen LogP) is 0.0488. The van der Waals surface area contributed by atoms with E-state index in [9.17, 15) is 14.9 Å². The Morgan fingerprint density at radius 3 is 2.87 bits per heavy atom. The van der Waals surface area contributed by atoms with Crippen molar-refractivity contribution < 1.29 is 9.59 Å². The van der Waals surface area contributed by atoms with E-state index in [1.165, 1.54) is 0 Å². The molecule has 23 heavy (non-hydrogen) atoms. The number of nitriles is 1. The van der Waals surface area contributed by atoms with Gasteiger partial charge in [-0.1, -0.05) is 0 Å². The van der Waals surface area contributed by atoms with Gasteiger partial charge >= 0.3 is 6.03 Å². The van der Waals surface area contributed by atoms with E-state index in [0.29, 0.717) is 24.5 Å². The van der Waals surface area contributed by atoms with Crippen LogP contribution in [0, 0.1) is 11.3 Å². The summed E-state index contributed by atoms with van der Waals surface area (Å²) in [4.78, 5) is 31.0. The van der Waals surface area contributed by atoms with Gasteiger partial charge in [-0.3, -0.25) is 15.0 Å². The molecular weight excluding hydrogens is 296 g/mol. The molecule has 2 heterocycles. The number of pyridine rings is 1. The first-order valence-corrected chi connectivity index (χ1v) is 7.47. The number of aromatic nitrogens is 1. The first kappa shape index (κ1) is 16.7. The van der Waals surface area contributed by atoms with Gasteiger partial charge in [-0.25, -0.2) is 9.78 Å². The van der Waals surface area contributed by atoms with Gasteiger partial charge in [0.05, 0.1) is 11.6 Å². The summed E-state index contributed by atoms with van der Waals surface area (Å²) in [6.07, 6.45) is 2.50. The summed E-state index contributed by atoms with van der Waals surface area (Å²) >= 11 is 0. The summed E-state index contributed by atoms with van der Waals surface area (Å²) in [6.45, 7) is 4.51. The number of amides is 3. The Labute approximate surface area is 134 Å². The minimum absolute atomic E-state index is 0.401. The topological polar surface area (TPSA) is 115 Å². The van der Waals surface area contributed by atoms with Crippen molar-refractivity contribution in [2.75, 3.05) is 31.1 Å². The van der Waals surface area contributed by atoms with Gasteiger partial charge in [0, 0.05) is 32.4 Å². The molecule has 3 N–H and O–H groups in total. The fourth-order valence-corrected chi connectivity index (χ4v) is 2.66. The fraction of sp³-hybridized carbons (Fsp3) is 0.467. The first-order valence-electron chi connectivity index (χ1n) is 7.47. The van der Waals surface area contributed by atoms with Crippen LogP contribution in [0.1, 0.15) is 18.9 Å². The number of hydrogen-bond donors (Lipinski definition) is 2. The van der Waals surface area contributed by atoms with Crippen molar-refractivity contribution in [2.24, 2.45) is 5.73 Å². The first-order chi connectivity index (χ1) is 11.0. The molecule has 0 aromatic carbocycles. The highest BCUT2D eigenvalue weighted by Gasteiger charge is 2.25. The minimum Gasteiger partial charge on any atom is -0.354 e. The van der Waals surface area contributed by atoms with E-state index in [1.54, 1.807) is 25.3 Å². The van der Waals surface area contributed by atoms with Crippen molar-refractivity contribution >= 4 is 17.8 Å². The molecular formula is C15H20N6O2. The second kappa shape index (κ2) is 7.56. The molecule has 2 rings (SSSR count). The van der Waals surface area contributed by atoms with Crippen LogP contribution in [0.15, 0.2) is 18.3 Å². The number of rotatable bonds is 3. The Morgan fingerprint density at radius 2 is 2.17 bits per heavy atom. The molecule has 0 aliphatic carbocycles. The van der Waals surface area contributed by atoms with E-state index in [2.05, 4.69) is 21.3 Å². The molecule has 1 aliphatic rings. The highest BCUT2D eigenvalue weighted by molar-refractivity contribution is 5.96. The summed E-state index contributed by atoms with van der Waals surface area (Å²) in [5, 5.41) is 11.3. The monoisotopic (exact) mass is 316 g/mol. The van der Waals surface area contributed by atoms with E-state index in [0.717, 1.165) is 19.5 Å². The summed E-state index contributed by atoms with van der Waals surface area (Å²) in [5.41, 5.74) is 5.53. The molecule has 3 amide bonds. The van der Waals surface area contributed by atoms with Gasteiger partial charge in [0.25, 0.3) is 0 Å². The molecule has 0 saturated carbocycles. The van der Waals surface area contributed by atoms with Gasteiger partial charge in [-0.15, -0.1) is 0 Å². The van der Waals surface area contributed by atoms with Gasteiger partial charge < -0.3 is 10.6 Å². The van der Waals surface area contributed by atoms with Crippen molar-refractivity contribution in [1.82, 2.24) is 15.2 Å². The number of anilines is 1. The molecule has 1 aromatic rings. The summed E-state index contributed by atoms with van der Waals surface area (Å²) in [7, 11) is 0. The Morgan fingerprint density at radius 1 is 1.39 bits per heavy atom. The van der Waals surface area contributed by atoms with Gasteiger partial charge in [-0.05, 0) is 25.5 Å². The lowest BCUT2D eigenvalue weighted by Gasteiger charge is -2.26. The molecule has 0 spiro atoms. The molecule has 8 heteroatoms. The summed E-state index contributed by atoms with van der Waals surface area (Å²) < 4.78 is 0. The van der Waals surface area contributed by atoms with Crippen molar-refractivity contribution in [3.05, 3.63) is 23.9 Å². The number of imide groups is 1. The zero-order valence-corrected chi connectivity index (χ0v) is 13.0. The Balaban J connectivity index is 2.04. The number of carbonyl (C=O) groups is 2. The lowest BCUT2D eigenvalue weighted by molar-refractivity contribution is -0.124. The third kappa shape index (κ3) is 4.17. The molecule has 0 radical (unpaired) electrons. The number of carbonyl (C=O) groups excluding carboxylic acids is 2. The molecule has 0 bridgehead atoms. The van der Waals surface area contributed by atoms with Crippen LogP contribution >= 0.6 is 0 Å². The highest BCUT2D eigenvalue weighted by Crippen LogP contribution is 2.18. The maximum Gasteiger partial charge on any atom is 0.318 e. The number of nitrogens with zero attached hydrogens (tertiary/aromatic N) is 4. The lowest BCUT2D eigenvalue weighted by atomic mass is 10.2. The third-order valence-electron chi connectivity index (χ3n) is 3.91. The van der Waals surface area contributed by atoms with E-state index >= 15 is 0 Å². The number of hydrogen-bond acceptors (Lipinski definition) is 6. The summed E-state index contributed by atoms with van der Waals surface area (Å²) in [5.74, 6) is 0.271. The van der Waals surface area contributed by atoms with Crippen molar-refractivity contribution in [3.8, 4) is 6.07 Å². The molecule has 8 nitrogen and oxygen atoms in total. The van der Waals surface area contributed by atoms with E-state index in [4.69, 9.17) is 5.73 Å². The highest BCUT2D eigenvalue weighted by atomic mass is 16.2. The molecule has 1 saturated heterocycles. The standard InChI is InChI=1S/C15H20N6O2/c1-11(14(22)19-15(17)23)20-6-3-7-21(9-8-20)13-12(10-16)4-2-5-18-13/h2,4-5,11H,3,6-9H2,1H3,(H3,17,19,22,23). The van der Waals surface area contributed by atoms with Crippen molar-refractivity contribution in [1.29, 1.82) is 5.26 Å². The Kier molecular flexibility index (Phi) is 5.49. The van der Waals surface area contributed by atoms with Gasteiger partial charge in [0.1, 0.15) is 11.9 Å². The van der Waals surface area contributed by atoms with E-state index < -0.39 is 18.0 Å². The van der Waals surface area contributed by atoms with Crippen LogP contribution in [0.25, 0.3) is 0 Å². The third-order valence-corrected chi connectivity index (χ3v) is 3.91. The molecule has 122 valence electrons. The van der Waals surface area contributed by atoms with E-state index in [-0.39, 0.29) is 0 Å². The van der Waals surface area contributed by atoms with Crippen LogP contribution in [0.4, 0.5) is 10.6 Å². The van der Waals surface area contributed by atoms with Gasteiger partial charge in [-0.2, -0.15) is 5.26 Å². The van der Waals surface area contributed by atoms with Crippen LogP contribution in [-0.4, -0.2) is 54.0 Å². The normalized spacial score (nSPS) is 17.0. The van der Waals surface area contributed by atoms with Crippen LogP contribution in [0.3, 0.4) is 0 Å². The molecule has 1 unspecified atom stereocenters. The predicted molar refractivity (Wildman–Crippen MR) is 84.5 cm³/mol. The number of nitrogens with two attached hydrogens (primary N) is 1.